The predicted molar refractivity (Wildman–Crippen MR) is 315 cm³/mol. The normalized spacial score (nSPS) is 26.4. The number of nitrogens with two attached hydrogens (primary N) is 1. The lowest BCUT2D eigenvalue weighted by molar-refractivity contribution is -0.346. The van der Waals surface area contributed by atoms with Gasteiger partial charge < -0.3 is 84.5 Å². The Kier molecular flexibility index (Phi) is 20.4. The third-order valence-corrected chi connectivity index (χ3v) is 16.7. The number of esters is 3. The van der Waals surface area contributed by atoms with Gasteiger partial charge in [0.1, 0.15) is 47.4 Å². The highest BCUT2D eigenvalue weighted by Gasteiger charge is 2.78. The Morgan fingerprint density at radius 2 is 1.43 bits per heavy atom. The van der Waals surface area contributed by atoms with Gasteiger partial charge in [-0.05, 0) is 98.9 Å². The van der Waals surface area contributed by atoms with E-state index in [0.717, 1.165) is 18.1 Å². The second-order valence-corrected chi connectivity index (χ2v) is 23.6. The van der Waals surface area contributed by atoms with Crippen LogP contribution in [0, 0.1) is 16.7 Å². The maximum absolute atomic E-state index is 14.9. The summed E-state index contributed by atoms with van der Waals surface area (Å²) in [6.07, 6.45) is -7.75. The monoisotopic (exact) mass is 1210 g/mol. The first-order valence-electron chi connectivity index (χ1n) is 28.1. The minimum absolute atomic E-state index is 0.0637. The number of benzene rings is 4. The van der Waals surface area contributed by atoms with Crippen LogP contribution in [0.3, 0.4) is 0 Å². The van der Waals surface area contributed by atoms with Gasteiger partial charge in [-0.3, -0.25) is 14.4 Å². The van der Waals surface area contributed by atoms with Crippen LogP contribution >= 0.6 is 0 Å². The van der Waals surface area contributed by atoms with Crippen LogP contribution in [0.5, 0.6) is 23.0 Å². The fourth-order valence-corrected chi connectivity index (χ4v) is 12.2. The molecular formula is C64H79N3O20. The van der Waals surface area contributed by atoms with Crippen molar-refractivity contribution in [1.29, 1.82) is 0 Å². The van der Waals surface area contributed by atoms with Gasteiger partial charge in [0.05, 0.1) is 76.4 Å². The first kappa shape index (κ1) is 66.6. The molecule has 9 N–H and O–H groups in total. The van der Waals surface area contributed by atoms with Crippen LogP contribution in [0.2, 0.25) is 0 Å². The van der Waals surface area contributed by atoms with Crippen LogP contribution in [0.15, 0.2) is 102 Å². The van der Waals surface area contributed by atoms with Crippen molar-refractivity contribution in [2.75, 3.05) is 47.0 Å². The molecular weight excluding hydrogens is 1130 g/mol. The SMILES string of the molecule is CC(=O)O[C@@]12CO[C@@H]1C[C@H](O)[C@@]1(C)C(=O)[C@H](O)C3=C(C)[C@@H](OC(=O)[C@H](O)[C@@H](NC(=O)OC(C)(C)C)c4ccccc4)C[C@@](O)([C@@H](OC(=O)c4ccccc4)[C@H]21)C3(C)C.COc1ccc(/C=C\c2cc(OC)c(OC)c(OC)c2)cc1NC(=O)C(N)CO. The van der Waals surface area contributed by atoms with E-state index >= 15 is 0 Å². The third kappa shape index (κ3) is 13.3. The topological polar surface area (TPSA) is 337 Å². The molecule has 4 aromatic rings. The molecule has 12 atom stereocenters. The van der Waals surface area contributed by atoms with Crippen molar-refractivity contribution in [1.82, 2.24) is 5.32 Å². The molecule has 0 spiro atoms. The molecule has 23 heteroatoms. The number of anilines is 1. The van der Waals surface area contributed by atoms with Gasteiger partial charge in [0.2, 0.25) is 11.7 Å². The number of aliphatic hydroxyl groups is 5. The fourth-order valence-electron chi connectivity index (χ4n) is 12.2. The smallest absolute Gasteiger partial charge is 0.408 e. The van der Waals surface area contributed by atoms with Crippen LogP contribution < -0.4 is 35.3 Å². The van der Waals surface area contributed by atoms with E-state index in [9.17, 15) is 49.2 Å². The summed E-state index contributed by atoms with van der Waals surface area (Å²) in [6, 6.07) is 22.6. The number of carbonyl (C=O) groups excluding carboxylic acids is 6. The number of nitrogens with one attached hydrogen (secondary N) is 2. The van der Waals surface area contributed by atoms with Gasteiger partial charge in [-0.15, -0.1) is 0 Å². The molecule has 3 aliphatic carbocycles. The maximum Gasteiger partial charge on any atom is 0.408 e. The third-order valence-electron chi connectivity index (χ3n) is 16.7. The molecule has 0 aromatic heterocycles. The second-order valence-electron chi connectivity index (χ2n) is 23.6. The zero-order valence-corrected chi connectivity index (χ0v) is 50.8. The van der Waals surface area contributed by atoms with E-state index in [-0.39, 0.29) is 29.7 Å². The van der Waals surface area contributed by atoms with Gasteiger partial charge in [0, 0.05) is 25.2 Å². The average Bonchev–Trinajstić information content (AvgIpc) is 0.674. The number of alkyl carbamates (subject to hydrolysis) is 1. The Morgan fingerprint density at radius 1 is 0.828 bits per heavy atom. The number of ether oxygens (including phenoxy) is 9. The number of carbonyl (C=O) groups is 6. The molecule has 2 saturated carbocycles. The van der Waals surface area contributed by atoms with E-state index in [4.69, 9.17) is 53.5 Å². The summed E-state index contributed by atoms with van der Waals surface area (Å²) < 4.78 is 50.8. The van der Waals surface area contributed by atoms with E-state index in [2.05, 4.69) is 10.6 Å². The minimum Gasteiger partial charge on any atom is -0.495 e. The summed E-state index contributed by atoms with van der Waals surface area (Å²) in [5, 5.41) is 63.3. The molecule has 470 valence electrons. The van der Waals surface area contributed by atoms with Crippen molar-refractivity contribution < 1.29 is 96.9 Å². The van der Waals surface area contributed by atoms with Crippen molar-refractivity contribution in [3.63, 3.8) is 0 Å². The Bertz CT molecular complexity index is 3230. The zero-order valence-electron chi connectivity index (χ0n) is 50.8. The zero-order chi connectivity index (χ0) is 64.1. The molecule has 4 aromatic carbocycles. The standard InChI is InChI=1S/C43H53NO14.C21H26N2O6/c1-22-26(55-37(51)32(48)30(24-15-11-9-12-16-24)44-38(52)58-39(3,4)5)20-43(53)35(56-36(50)25-17-13-10-14-18-25)33-41(8,34(49)31(47)29(22)40(43,6)7)27(46)19-28-42(33,21-54-28)57-23(2)45;1-26-17-8-7-13(9-16(17)23-21(25)15(22)12-24)5-6-14-10-18(27-2)20(29-4)19(11-14)28-3/h9-18,26-28,30-33,35,46-48,53H,19-21H2,1-8H3,(H,44,52);5-11,15,24H,12,22H2,1-4H3,(H,23,25)/b;6-5-/t26-,27-,28+,30-,31+,32+,33-,35-,41+,42-,43+;/m0./s1. The molecule has 1 saturated heterocycles. The number of Topliss-reactive ketones (excluding diaryl/α,β-unsaturated/α-hetero) is 1. The number of aliphatic hydroxyl groups excluding tert-OH is 4. The molecule has 3 fully saturated rings. The van der Waals surface area contributed by atoms with Crippen molar-refractivity contribution in [2.45, 2.75) is 134 Å². The Hall–Kier alpha value is -7.90. The van der Waals surface area contributed by atoms with Crippen molar-refractivity contribution >= 4 is 53.5 Å². The van der Waals surface area contributed by atoms with Gasteiger partial charge in [-0.1, -0.05) is 80.6 Å². The predicted octanol–water partition coefficient (Wildman–Crippen LogP) is 5.41. The highest BCUT2D eigenvalue weighted by Crippen LogP contribution is 2.64. The fraction of sp³-hybridized carbons (Fsp3) is 0.469. The molecule has 1 unspecified atom stereocenters. The molecule has 2 bridgehead atoms. The van der Waals surface area contributed by atoms with Gasteiger partial charge >= 0.3 is 24.0 Å². The van der Waals surface area contributed by atoms with Crippen LogP contribution in [0.1, 0.15) is 101 Å². The molecule has 0 radical (unpaired) electrons. The first-order valence-corrected chi connectivity index (χ1v) is 28.1. The van der Waals surface area contributed by atoms with Gasteiger partial charge in [-0.25, -0.2) is 14.4 Å². The van der Waals surface area contributed by atoms with Crippen LogP contribution in [-0.2, 0) is 42.9 Å². The number of hydrogen-bond donors (Lipinski definition) is 8. The summed E-state index contributed by atoms with van der Waals surface area (Å²) in [5.74, 6) is -3.77. The van der Waals surface area contributed by atoms with Crippen molar-refractivity contribution in [3.05, 3.63) is 124 Å². The summed E-state index contributed by atoms with van der Waals surface area (Å²) in [7, 11) is 6.16. The quantitative estimate of drug-likeness (QED) is 0.0283. The lowest BCUT2D eigenvalue weighted by Crippen LogP contribution is -2.81. The van der Waals surface area contributed by atoms with Crippen LogP contribution in [-0.4, -0.2) is 162 Å². The van der Waals surface area contributed by atoms with Crippen LogP contribution in [0.25, 0.3) is 12.2 Å². The van der Waals surface area contributed by atoms with Gasteiger partial charge in [0.25, 0.3) is 0 Å². The minimum atomic E-state index is -2.35. The molecule has 87 heavy (non-hydrogen) atoms. The number of methoxy groups -OCH3 is 4. The molecule has 1 heterocycles. The van der Waals surface area contributed by atoms with E-state index in [0.29, 0.717) is 34.2 Å². The number of ketones is 1. The maximum atomic E-state index is 14.9. The van der Waals surface area contributed by atoms with Gasteiger partial charge in [0.15, 0.2) is 29.0 Å². The molecule has 4 aliphatic rings. The second kappa shape index (κ2) is 26.6. The number of amides is 2. The Morgan fingerprint density at radius 3 is 1.97 bits per heavy atom. The summed E-state index contributed by atoms with van der Waals surface area (Å²) in [4.78, 5) is 80.9. The van der Waals surface area contributed by atoms with E-state index in [1.807, 2.05) is 30.4 Å². The van der Waals surface area contributed by atoms with E-state index in [1.165, 1.54) is 33.1 Å². The first-order chi connectivity index (χ1) is 41.0. The molecule has 8 rings (SSSR count). The lowest BCUT2D eigenvalue weighted by atomic mass is 9.44. The molecule has 2 amide bonds. The van der Waals surface area contributed by atoms with Crippen molar-refractivity contribution in [3.8, 4) is 23.0 Å². The Balaban J connectivity index is 0.000000313. The van der Waals surface area contributed by atoms with E-state index < -0.39 is 131 Å². The van der Waals surface area contributed by atoms with Gasteiger partial charge in [-0.2, -0.15) is 0 Å². The summed E-state index contributed by atoms with van der Waals surface area (Å²) in [5.41, 5.74) is -0.478. The lowest BCUT2D eigenvalue weighted by Gasteiger charge is -2.67. The highest BCUT2D eigenvalue weighted by molar-refractivity contribution is 5.97. The largest absolute Gasteiger partial charge is 0.495 e. The van der Waals surface area contributed by atoms with Crippen LogP contribution in [0.4, 0.5) is 10.5 Å². The average molecular weight is 1210 g/mol. The molecule has 1 aliphatic heterocycles. The van der Waals surface area contributed by atoms with E-state index in [1.54, 1.807) is 117 Å². The molecule has 23 nitrogen and oxygen atoms in total. The van der Waals surface area contributed by atoms with Crippen molar-refractivity contribution in [2.24, 2.45) is 22.5 Å². The number of hydrogen-bond acceptors (Lipinski definition) is 21. The Labute approximate surface area is 504 Å². The number of rotatable bonds is 17. The summed E-state index contributed by atoms with van der Waals surface area (Å²) in [6.45, 7) is 11.3. The number of fused-ring (bicyclic) bond motifs is 5. The summed E-state index contributed by atoms with van der Waals surface area (Å²) >= 11 is 0. The highest BCUT2D eigenvalue weighted by atomic mass is 16.6.